The highest BCUT2D eigenvalue weighted by Gasteiger charge is 2.11. The van der Waals surface area contributed by atoms with Crippen molar-refractivity contribution in [2.45, 2.75) is 26.7 Å². The Morgan fingerprint density at radius 2 is 1.60 bits per heavy atom. The zero-order chi connectivity index (χ0) is 14.7. The van der Waals surface area contributed by atoms with E-state index in [-0.39, 0.29) is 5.78 Å². The average Bonchev–Trinajstić information content (AvgIpc) is 2.47. The second kappa shape index (κ2) is 5.91. The lowest BCUT2D eigenvalue weighted by Gasteiger charge is -2.09. The van der Waals surface area contributed by atoms with Gasteiger partial charge in [-0.05, 0) is 30.0 Å². The molecule has 0 unspecified atom stereocenters. The van der Waals surface area contributed by atoms with Crippen LogP contribution >= 0.6 is 0 Å². The predicted molar refractivity (Wildman–Crippen MR) is 81.7 cm³/mol. The summed E-state index contributed by atoms with van der Waals surface area (Å²) in [5, 5.41) is 0. The molecule has 0 aliphatic heterocycles. The summed E-state index contributed by atoms with van der Waals surface area (Å²) in [6, 6.07) is 13.4. The number of rotatable bonds is 4. The minimum Gasteiger partial charge on any atom is -0.496 e. The summed E-state index contributed by atoms with van der Waals surface area (Å²) in [6.45, 7) is 6.24. The third-order valence-electron chi connectivity index (χ3n) is 3.51. The predicted octanol–water partition coefficient (Wildman–Crippen LogP) is 4.36. The van der Waals surface area contributed by atoms with Gasteiger partial charge in [0.1, 0.15) is 5.75 Å². The normalized spacial score (nSPS) is 10.7. The lowest BCUT2D eigenvalue weighted by atomic mass is 9.97. The van der Waals surface area contributed by atoms with Crippen LogP contribution in [0.4, 0.5) is 0 Å². The first kappa shape index (κ1) is 14.3. The van der Waals surface area contributed by atoms with Gasteiger partial charge in [0.25, 0.3) is 0 Å². The maximum absolute atomic E-state index is 12.5. The van der Waals surface area contributed by atoms with Crippen LogP contribution in [-0.4, -0.2) is 12.9 Å². The number of ketones is 1. The van der Waals surface area contributed by atoms with Crippen molar-refractivity contribution in [1.29, 1.82) is 0 Å². The van der Waals surface area contributed by atoms with E-state index in [9.17, 15) is 4.79 Å². The highest BCUT2D eigenvalue weighted by atomic mass is 16.5. The molecule has 0 amide bonds. The molecule has 2 heteroatoms. The first-order chi connectivity index (χ1) is 9.52. The number of benzene rings is 2. The molecule has 0 aliphatic carbocycles. The quantitative estimate of drug-likeness (QED) is 0.770. The molecule has 0 atom stereocenters. The number of hydrogen-bond donors (Lipinski definition) is 0. The number of hydrogen-bond acceptors (Lipinski definition) is 2. The van der Waals surface area contributed by atoms with Crippen LogP contribution in [-0.2, 0) is 0 Å². The Morgan fingerprint density at radius 1 is 1.00 bits per heavy atom. The smallest absolute Gasteiger partial charge is 0.193 e. The average molecular weight is 268 g/mol. The van der Waals surface area contributed by atoms with Crippen molar-refractivity contribution in [1.82, 2.24) is 0 Å². The molecule has 0 aromatic heterocycles. The molecule has 20 heavy (non-hydrogen) atoms. The molecular weight excluding hydrogens is 248 g/mol. The molecule has 2 nitrogen and oxygen atoms in total. The minimum atomic E-state index is 0.0265. The summed E-state index contributed by atoms with van der Waals surface area (Å²) >= 11 is 0. The van der Waals surface area contributed by atoms with Crippen molar-refractivity contribution >= 4 is 5.78 Å². The standard InChI is InChI=1S/C18H20O2/c1-12(2)14-7-9-15(10-8-14)18(19)16-6-5-13(3)17(11-16)20-4/h5-12H,1-4H3. The Labute approximate surface area is 120 Å². The van der Waals surface area contributed by atoms with E-state index in [1.54, 1.807) is 13.2 Å². The summed E-state index contributed by atoms with van der Waals surface area (Å²) in [4.78, 5) is 12.5. The van der Waals surface area contributed by atoms with E-state index in [1.807, 2.05) is 43.3 Å². The van der Waals surface area contributed by atoms with Crippen molar-refractivity contribution in [3.63, 3.8) is 0 Å². The van der Waals surface area contributed by atoms with Crippen molar-refractivity contribution in [3.8, 4) is 5.75 Å². The van der Waals surface area contributed by atoms with Crippen molar-refractivity contribution in [3.05, 3.63) is 64.7 Å². The molecule has 0 N–H and O–H groups in total. The van der Waals surface area contributed by atoms with Gasteiger partial charge in [0, 0.05) is 11.1 Å². The van der Waals surface area contributed by atoms with Crippen LogP contribution in [0.5, 0.6) is 5.75 Å². The van der Waals surface area contributed by atoms with Crippen molar-refractivity contribution in [2.24, 2.45) is 0 Å². The number of carbonyl (C=O) groups is 1. The maximum atomic E-state index is 12.5. The van der Waals surface area contributed by atoms with Crippen molar-refractivity contribution in [2.75, 3.05) is 7.11 Å². The van der Waals surface area contributed by atoms with Crippen LogP contribution in [0.2, 0.25) is 0 Å². The fourth-order valence-corrected chi connectivity index (χ4v) is 2.15. The fraction of sp³-hybridized carbons (Fsp3) is 0.278. The molecule has 0 bridgehead atoms. The molecule has 0 spiro atoms. The SMILES string of the molecule is COc1cc(C(=O)c2ccc(C(C)C)cc2)ccc1C. The van der Waals surface area contributed by atoms with Gasteiger partial charge in [-0.3, -0.25) is 4.79 Å². The zero-order valence-electron chi connectivity index (χ0n) is 12.4. The molecule has 0 heterocycles. The monoisotopic (exact) mass is 268 g/mol. The minimum absolute atomic E-state index is 0.0265. The van der Waals surface area contributed by atoms with E-state index in [4.69, 9.17) is 4.74 Å². The Hall–Kier alpha value is -2.09. The topological polar surface area (TPSA) is 26.3 Å². The summed E-state index contributed by atoms with van der Waals surface area (Å²) in [7, 11) is 1.62. The number of methoxy groups -OCH3 is 1. The Bertz CT molecular complexity index is 610. The maximum Gasteiger partial charge on any atom is 0.193 e. The van der Waals surface area contributed by atoms with Gasteiger partial charge in [-0.25, -0.2) is 0 Å². The van der Waals surface area contributed by atoms with Gasteiger partial charge in [0.2, 0.25) is 0 Å². The van der Waals surface area contributed by atoms with Crippen LogP contribution < -0.4 is 4.74 Å². The Balaban J connectivity index is 2.31. The third-order valence-corrected chi connectivity index (χ3v) is 3.51. The molecule has 2 aromatic carbocycles. The molecule has 0 fully saturated rings. The second-order valence-electron chi connectivity index (χ2n) is 5.29. The van der Waals surface area contributed by atoms with Gasteiger partial charge in [-0.2, -0.15) is 0 Å². The summed E-state index contributed by atoms with van der Waals surface area (Å²) in [5.41, 5.74) is 3.63. The Kier molecular flexibility index (Phi) is 4.23. The number of carbonyl (C=O) groups excluding carboxylic acids is 1. The van der Waals surface area contributed by atoms with E-state index in [0.717, 1.165) is 11.3 Å². The molecular formula is C18H20O2. The second-order valence-corrected chi connectivity index (χ2v) is 5.29. The van der Waals surface area contributed by atoms with E-state index in [0.29, 0.717) is 17.0 Å². The van der Waals surface area contributed by atoms with Crippen LogP contribution in [0.1, 0.15) is 46.8 Å². The van der Waals surface area contributed by atoms with Gasteiger partial charge >= 0.3 is 0 Å². The molecule has 2 aromatic rings. The lowest BCUT2D eigenvalue weighted by molar-refractivity contribution is 0.103. The van der Waals surface area contributed by atoms with Crippen molar-refractivity contribution < 1.29 is 9.53 Å². The number of ether oxygens (including phenoxy) is 1. The molecule has 0 saturated carbocycles. The fourth-order valence-electron chi connectivity index (χ4n) is 2.15. The van der Waals surface area contributed by atoms with E-state index >= 15 is 0 Å². The molecule has 104 valence electrons. The largest absolute Gasteiger partial charge is 0.496 e. The first-order valence-electron chi connectivity index (χ1n) is 6.82. The van der Waals surface area contributed by atoms with Gasteiger partial charge in [0.15, 0.2) is 5.78 Å². The van der Waals surface area contributed by atoms with E-state index in [2.05, 4.69) is 13.8 Å². The van der Waals surface area contributed by atoms with Gasteiger partial charge < -0.3 is 4.74 Å². The summed E-state index contributed by atoms with van der Waals surface area (Å²) < 4.78 is 5.27. The van der Waals surface area contributed by atoms with Crippen LogP contribution in [0.3, 0.4) is 0 Å². The number of aryl methyl sites for hydroxylation is 1. The molecule has 0 saturated heterocycles. The highest BCUT2D eigenvalue weighted by Crippen LogP contribution is 2.22. The first-order valence-corrected chi connectivity index (χ1v) is 6.82. The van der Waals surface area contributed by atoms with E-state index in [1.165, 1.54) is 5.56 Å². The van der Waals surface area contributed by atoms with E-state index < -0.39 is 0 Å². The molecule has 0 aliphatic rings. The van der Waals surface area contributed by atoms with Gasteiger partial charge in [-0.15, -0.1) is 0 Å². The summed E-state index contributed by atoms with van der Waals surface area (Å²) in [5.74, 6) is 1.24. The van der Waals surface area contributed by atoms with Crippen LogP contribution in [0.15, 0.2) is 42.5 Å². The molecule has 2 rings (SSSR count). The Morgan fingerprint density at radius 3 is 2.15 bits per heavy atom. The zero-order valence-corrected chi connectivity index (χ0v) is 12.4. The van der Waals surface area contributed by atoms with Crippen LogP contribution in [0.25, 0.3) is 0 Å². The summed E-state index contributed by atoms with van der Waals surface area (Å²) in [6.07, 6.45) is 0. The third kappa shape index (κ3) is 2.90. The molecule has 0 radical (unpaired) electrons. The highest BCUT2D eigenvalue weighted by molar-refractivity contribution is 6.09. The van der Waals surface area contributed by atoms with Crippen LogP contribution in [0, 0.1) is 6.92 Å². The van der Waals surface area contributed by atoms with Gasteiger partial charge in [0.05, 0.1) is 7.11 Å². The lowest BCUT2D eigenvalue weighted by Crippen LogP contribution is -2.02. The van der Waals surface area contributed by atoms with Gasteiger partial charge in [-0.1, -0.05) is 50.2 Å².